The Labute approximate surface area is 111 Å². The van der Waals surface area contributed by atoms with E-state index in [4.69, 9.17) is 17.3 Å². The van der Waals surface area contributed by atoms with E-state index in [-0.39, 0.29) is 11.8 Å². The van der Waals surface area contributed by atoms with E-state index in [1.165, 1.54) is 0 Å². The van der Waals surface area contributed by atoms with Crippen LogP contribution in [0.25, 0.3) is 0 Å². The van der Waals surface area contributed by atoms with Gasteiger partial charge in [0.1, 0.15) is 5.84 Å². The second-order valence-electron chi connectivity index (χ2n) is 4.28. The van der Waals surface area contributed by atoms with Gasteiger partial charge in [0.05, 0.1) is 11.6 Å². The normalized spacial score (nSPS) is 16.4. The maximum atomic E-state index is 11.6. The van der Waals surface area contributed by atoms with E-state index >= 15 is 0 Å². The summed E-state index contributed by atoms with van der Waals surface area (Å²) in [6.45, 7) is 1.41. The molecule has 5 heteroatoms. The van der Waals surface area contributed by atoms with Crippen molar-refractivity contribution in [1.29, 1.82) is 0 Å². The lowest BCUT2D eigenvalue weighted by Crippen LogP contribution is -2.24. The topological polar surface area (TPSA) is 58.7 Å². The zero-order valence-electron chi connectivity index (χ0n) is 10.1. The molecule has 18 heavy (non-hydrogen) atoms. The molecule has 1 amide bonds. The number of hydrogen-bond acceptors (Lipinski definition) is 2. The number of halogens is 1. The Kier molecular flexibility index (Phi) is 4.20. The number of para-hydroxylation sites is 1. The number of nitrogens with two attached hydrogens (primary N) is 1. The van der Waals surface area contributed by atoms with Crippen LogP contribution in [0.2, 0.25) is 0 Å². The molecule has 0 radical (unpaired) electrons. The average molecular weight is 266 g/mol. The minimum Gasteiger partial charge on any atom is -0.386 e. The zero-order chi connectivity index (χ0) is 13.0. The molecule has 1 saturated heterocycles. The summed E-state index contributed by atoms with van der Waals surface area (Å²) in [4.78, 5) is 17.7. The largest absolute Gasteiger partial charge is 0.386 e. The molecule has 96 valence electrons. The molecule has 0 saturated carbocycles. The third-order valence-electron chi connectivity index (χ3n) is 2.93. The number of benzene rings is 1. The van der Waals surface area contributed by atoms with E-state index in [2.05, 4.69) is 4.99 Å². The Morgan fingerprint density at radius 1 is 1.44 bits per heavy atom. The molecule has 0 spiro atoms. The van der Waals surface area contributed by atoms with Crippen LogP contribution in [0.5, 0.6) is 0 Å². The van der Waals surface area contributed by atoms with E-state index in [0.717, 1.165) is 24.2 Å². The minimum atomic E-state index is 0.205. The number of rotatable bonds is 4. The van der Waals surface area contributed by atoms with Crippen molar-refractivity contribution in [3.8, 4) is 0 Å². The fourth-order valence-corrected chi connectivity index (χ4v) is 2.07. The van der Waals surface area contributed by atoms with Gasteiger partial charge in [-0.15, -0.1) is 11.6 Å². The maximum Gasteiger partial charge on any atom is 0.222 e. The fraction of sp³-hybridized carbons (Fsp3) is 0.385. The Bertz CT molecular complexity index is 473. The summed E-state index contributed by atoms with van der Waals surface area (Å²) < 4.78 is 0. The molecule has 1 aromatic rings. The van der Waals surface area contributed by atoms with E-state index in [1.807, 2.05) is 29.2 Å². The number of alkyl halides is 1. The third-order valence-corrected chi connectivity index (χ3v) is 3.20. The first-order chi connectivity index (χ1) is 8.70. The summed E-state index contributed by atoms with van der Waals surface area (Å²) in [5.41, 5.74) is 7.43. The number of amides is 1. The molecule has 1 fully saturated rings. The van der Waals surface area contributed by atoms with Gasteiger partial charge in [-0.25, -0.2) is 4.99 Å². The third kappa shape index (κ3) is 3.01. The van der Waals surface area contributed by atoms with Crippen molar-refractivity contribution in [2.75, 3.05) is 12.4 Å². The molecule has 2 rings (SSSR count). The zero-order valence-corrected chi connectivity index (χ0v) is 10.9. The molecule has 0 bridgehead atoms. The van der Waals surface area contributed by atoms with Gasteiger partial charge in [0.25, 0.3) is 0 Å². The van der Waals surface area contributed by atoms with Crippen LogP contribution in [0.3, 0.4) is 0 Å². The van der Waals surface area contributed by atoms with Crippen LogP contribution >= 0.6 is 11.6 Å². The quantitative estimate of drug-likeness (QED) is 0.514. The smallest absolute Gasteiger partial charge is 0.222 e. The number of carbonyl (C=O) groups excluding carboxylic acids is 1. The lowest BCUT2D eigenvalue weighted by atomic mass is 10.1. The summed E-state index contributed by atoms with van der Waals surface area (Å²) in [7, 11) is 0. The fourth-order valence-electron chi connectivity index (χ4n) is 2.02. The summed E-state index contributed by atoms with van der Waals surface area (Å²) >= 11 is 5.63. The van der Waals surface area contributed by atoms with Crippen molar-refractivity contribution < 1.29 is 4.79 Å². The van der Waals surface area contributed by atoms with Gasteiger partial charge in [0, 0.05) is 19.5 Å². The van der Waals surface area contributed by atoms with Crippen LogP contribution < -0.4 is 5.73 Å². The van der Waals surface area contributed by atoms with Crippen molar-refractivity contribution in [2.45, 2.75) is 19.4 Å². The van der Waals surface area contributed by atoms with Gasteiger partial charge in [-0.05, 0) is 18.1 Å². The maximum absolute atomic E-state index is 11.6. The lowest BCUT2D eigenvalue weighted by molar-refractivity contribution is -0.128. The van der Waals surface area contributed by atoms with Gasteiger partial charge in [-0.1, -0.05) is 18.2 Å². The second-order valence-corrected chi connectivity index (χ2v) is 4.55. The van der Waals surface area contributed by atoms with Crippen LogP contribution in [0, 0.1) is 0 Å². The second kappa shape index (κ2) is 5.87. The van der Waals surface area contributed by atoms with Crippen LogP contribution in [-0.2, 0) is 11.3 Å². The van der Waals surface area contributed by atoms with Crippen molar-refractivity contribution in [1.82, 2.24) is 4.90 Å². The number of aliphatic imine (C=N–C) groups is 1. The van der Waals surface area contributed by atoms with Crippen molar-refractivity contribution in [3.63, 3.8) is 0 Å². The molecule has 0 aliphatic carbocycles. The number of hydrogen-bond donors (Lipinski definition) is 1. The molecule has 4 nitrogen and oxygen atoms in total. The first-order valence-electron chi connectivity index (χ1n) is 5.95. The lowest BCUT2D eigenvalue weighted by Gasteiger charge is -2.16. The van der Waals surface area contributed by atoms with E-state index in [0.29, 0.717) is 18.8 Å². The molecular weight excluding hydrogens is 250 g/mol. The Morgan fingerprint density at radius 2 is 2.22 bits per heavy atom. The summed E-state index contributed by atoms with van der Waals surface area (Å²) in [6, 6.07) is 7.68. The Balaban J connectivity index is 2.19. The Hall–Kier alpha value is -1.55. The highest BCUT2D eigenvalue weighted by atomic mass is 35.5. The minimum absolute atomic E-state index is 0.205. The van der Waals surface area contributed by atoms with E-state index in [1.54, 1.807) is 0 Å². The monoisotopic (exact) mass is 265 g/mol. The summed E-state index contributed by atoms with van der Waals surface area (Å²) in [5.74, 6) is 0.799. The Morgan fingerprint density at radius 3 is 2.89 bits per heavy atom. The van der Waals surface area contributed by atoms with Crippen molar-refractivity contribution in [3.05, 3.63) is 29.8 Å². The molecule has 1 aliphatic heterocycles. The first-order valence-corrected chi connectivity index (χ1v) is 6.49. The van der Waals surface area contributed by atoms with Gasteiger partial charge in [-0.3, -0.25) is 4.79 Å². The number of likely N-dealkylation sites (tertiary alicyclic amines) is 1. The summed E-state index contributed by atoms with van der Waals surface area (Å²) in [6.07, 6.45) is 1.59. The number of nitrogens with zero attached hydrogens (tertiary/aromatic N) is 2. The standard InChI is InChI=1S/C13H16ClN3O/c14-8-12(15)16-11-5-2-1-4-10(11)9-17-7-3-6-13(17)18/h1-2,4-5H,3,6-9H2,(H2,15,16). The molecule has 1 aliphatic rings. The van der Waals surface area contributed by atoms with Crippen molar-refractivity contribution >= 4 is 29.0 Å². The van der Waals surface area contributed by atoms with E-state index in [9.17, 15) is 4.79 Å². The van der Waals surface area contributed by atoms with Gasteiger partial charge in [0.15, 0.2) is 0 Å². The van der Waals surface area contributed by atoms with Crippen molar-refractivity contribution in [2.24, 2.45) is 10.7 Å². The van der Waals surface area contributed by atoms with E-state index < -0.39 is 0 Å². The molecular formula is C13H16ClN3O. The van der Waals surface area contributed by atoms with Crippen LogP contribution in [0.4, 0.5) is 5.69 Å². The SMILES string of the molecule is NC(CCl)=Nc1ccccc1CN1CCCC1=O. The first kappa shape index (κ1) is 12.9. The van der Waals surface area contributed by atoms with Gasteiger partial charge < -0.3 is 10.6 Å². The molecule has 1 heterocycles. The number of carbonyl (C=O) groups is 1. The molecule has 0 atom stereocenters. The summed E-state index contributed by atoms with van der Waals surface area (Å²) in [5, 5.41) is 0. The average Bonchev–Trinajstić information content (AvgIpc) is 2.77. The number of amidine groups is 1. The van der Waals surface area contributed by atoms with Crippen LogP contribution in [-0.4, -0.2) is 29.1 Å². The highest BCUT2D eigenvalue weighted by molar-refractivity contribution is 6.28. The molecule has 0 unspecified atom stereocenters. The highest BCUT2D eigenvalue weighted by Gasteiger charge is 2.20. The van der Waals surface area contributed by atoms with Crippen LogP contribution in [0.1, 0.15) is 18.4 Å². The van der Waals surface area contributed by atoms with Crippen LogP contribution in [0.15, 0.2) is 29.3 Å². The highest BCUT2D eigenvalue weighted by Crippen LogP contribution is 2.22. The predicted molar refractivity (Wildman–Crippen MR) is 73.1 cm³/mol. The van der Waals surface area contributed by atoms with Gasteiger partial charge >= 0.3 is 0 Å². The molecule has 1 aromatic carbocycles. The molecule has 2 N–H and O–H groups in total. The predicted octanol–water partition coefficient (Wildman–Crippen LogP) is 2.04. The van der Waals surface area contributed by atoms with Gasteiger partial charge in [0.2, 0.25) is 5.91 Å². The molecule has 0 aromatic heterocycles. The van der Waals surface area contributed by atoms with Gasteiger partial charge in [-0.2, -0.15) is 0 Å².